The van der Waals surface area contributed by atoms with Crippen molar-refractivity contribution in [2.45, 2.75) is 0 Å². The van der Waals surface area contributed by atoms with Crippen LogP contribution in [-0.2, 0) is 0 Å². The molecular formula is C13H7FNO. The van der Waals surface area contributed by atoms with Crippen molar-refractivity contribution in [3.63, 3.8) is 0 Å². The van der Waals surface area contributed by atoms with E-state index < -0.39 is 5.82 Å². The summed E-state index contributed by atoms with van der Waals surface area (Å²) >= 11 is 0. The third kappa shape index (κ3) is 2.18. The van der Waals surface area contributed by atoms with Crippen molar-refractivity contribution >= 4 is 0 Å². The summed E-state index contributed by atoms with van der Waals surface area (Å²) in [5.41, 5.74) is 0.470. The fourth-order valence-electron chi connectivity index (χ4n) is 1.24. The Labute approximate surface area is 92.5 Å². The SMILES string of the molecule is N#Cc1cccc(Oc2ccc[c]c2F)c1. The highest BCUT2D eigenvalue weighted by atomic mass is 19.1. The number of nitrogens with zero attached hydrogens (tertiary/aromatic N) is 1. The minimum Gasteiger partial charge on any atom is -0.454 e. The molecule has 0 aromatic heterocycles. The molecule has 0 aliphatic carbocycles. The van der Waals surface area contributed by atoms with Gasteiger partial charge in [0.25, 0.3) is 0 Å². The third-order valence-corrected chi connectivity index (χ3v) is 1.96. The molecule has 0 unspecified atom stereocenters. The van der Waals surface area contributed by atoms with Gasteiger partial charge in [-0.3, -0.25) is 0 Å². The Morgan fingerprint density at radius 1 is 1.25 bits per heavy atom. The van der Waals surface area contributed by atoms with E-state index in [4.69, 9.17) is 10.00 Å². The van der Waals surface area contributed by atoms with Gasteiger partial charge in [0, 0.05) is 6.07 Å². The maximum atomic E-state index is 13.2. The molecule has 0 saturated heterocycles. The molecule has 0 spiro atoms. The van der Waals surface area contributed by atoms with Gasteiger partial charge in [0.15, 0.2) is 11.6 Å². The van der Waals surface area contributed by atoms with Crippen molar-refractivity contribution < 1.29 is 9.13 Å². The van der Waals surface area contributed by atoms with Gasteiger partial charge in [-0.2, -0.15) is 5.26 Å². The zero-order valence-corrected chi connectivity index (χ0v) is 8.27. The summed E-state index contributed by atoms with van der Waals surface area (Å²) in [7, 11) is 0. The Kier molecular flexibility index (Phi) is 2.84. The van der Waals surface area contributed by atoms with Crippen LogP contribution in [0.4, 0.5) is 4.39 Å². The fourth-order valence-corrected chi connectivity index (χ4v) is 1.24. The second-order valence-electron chi connectivity index (χ2n) is 3.09. The number of rotatable bonds is 2. The lowest BCUT2D eigenvalue weighted by Crippen LogP contribution is -1.88. The number of ether oxygens (including phenoxy) is 1. The average Bonchev–Trinajstić information content (AvgIpc) is 2.32. The van der Waals surface area contributed by atoms with Crippen LogP contribution >= 0.6 is 0 Å². The van der Waals surface area contributed by atoms with Crippen molar-refractivity contribution in [3.05, 3.63) is 59.9 Å². The molecule has 2 aromatic rings. The van der Waals surface area contributed by atoms with E-state index in [-0.39, 0.29) is 5.75 Å². The zero-order chi connectivity index (χ0) is 11.4. The summed E-state index contributed by atoms with van der Waals surface area (Å²) in [4.78, 5) is 0. The van der Waals surface area contributed by atoms with Crippen LogP contribution in [0, 0.1) is 23.2 Å². The smallest absolute Gasteiger partial charge is 0.173 e. The van der Waals surface area contributed by atoms with Crippen LogP contribution in [0.25, 0.3) is 0 Å². The molecule has 0 aliphatic rings. The van der Waals surface area contributed by atoms with E-state index in [9.17, 15) is 4.39 Å². The molecule has 2 nitrogen and oxygen atoms in total. The van der Waals surface area contributed by atoms with Gasteiger partial charge < -0.3 is 4.74 Å². The van der Waals surface area contributed by atoms with Gasteiger partial charge in [-0.1, -0.05) is 18.2 Å². The predicted octanol–water partition coefficient (Wildman–Crippen LogP) is 3.29. The Morgan fingerprint density at radius 3 is 2.88 bits per heavy atom. The van der Waals surface area contributed by atoms with Crippen molar-refractivity contribution in [3.8, 4) is 17.6 Å². The average molecular weight is 212 g/mol. The van der Waals surface area contributed by atoms with Gasteiger partial charge in [-0.25, -0.2) is 4.39 Å². The number of benzene rings is 2. The molecule has 0 heterocycles. The number of nitriles is 1. The second kappa shape index (κ2) is 4.45. The van der Waals surface area contributed by atoms with Gasteiger partial charge in [-0.05, 0) is 24.3 Å². The van der Waals surface area contributed by atoms with Crippen LogP contribution in [-0.4, -0.2) is 0 Å². The molecule has 0 aliphatic heterocycles. The lowest BCUT2D eigenvalue weighted by Gasteiger charge is -2.05. The molecule has 0 saturated carbocycles. The van der Waals surface area contributed by atoms with Crippen LogP contribution in [0.2, 0.25) is 0 Å². The second-order valence-corrected chi connectivity index (χ2v) is 3.09. The van der Waals surface area contributed by atoms with E-state index in [1.807, 2.05) is 6.07 Å². The summed E-state index contributed by atoms with van der Waals surface area (Å²) in [6.07, 6.45) is 0. The van der Waals surface area contributed by atoms with E-state index in [1.165, 1.54) is 12.1 Å². The lowest BCUT2D eigenvalue weighted by molar-refractivity contribution is 0.441. The quantitative estimate of drug-likeness (QED) is 0.765. The van der Waals surface area contributed by atoms with Crippen molar-refractivity contribution in [1.82, 2.24) is 0 Å². The minimum absolute atomic E-state index is 0.0950. The van der Waals surface area contributed by atoms with E-state index in [0.29, 0.717) is 11.3 Å². The third-order valence-electron chi connectivity index (χ3n) is 1.96. The first-order valence-electron chi connectivity index (χ1n) is 4.64. The van der Waals surface area contributed by atoms with E-state index >= 15 is 0 Å². The molecule has 0 N–H and O–H groups in total. The number of hydrogen-bond donors (Lipinski definition) is 0. The normalized spacial score (nSPS) is 9.50. The number of halogens is 1. The van der Waals surface area contributed by atoms with Gasteiger partial charge in [-0.15, -0.1) is 0 Å². The highest BCUT2D eigenvalue weighted by Gasteiger charge is 2.03. The molecule has 77 valence electrons. The summed E-state index contributed by atoms with van der Waals surface area (Å²) in [5.74, 6) is -0.0278. The summed E-state index contributed by atoms with van der Waals surface area (Å²) in [5, 5.41) is 8.70. The topological polar surface area (TPSA) is 33.0 Å². The highest BCUT2D eigenvalue weighted by molar-refractivity contribution is 5.39. The van der Waals surface area contributed by atoms with Crippen LogP contribution in [0.1, 0.15) is 5.56 Å². The fraction of sp³-hybridized carbons (Fsp3) is 0. The summed E-state index contributed by atoms with van der Waals surface area (Å²) in [6, 6.07) is 15.5. The van der Waals surface area contributed by atoms with E-state index in [2.05, 4.69) is 6.07 Å². The largest absolute Gasteiger partial charge is 0.454 e. The molecule has 3 heteroatoms. The highest BCUT2D eigenvalue weighted by Crippen LogP contribution is 2.24. The molecule has 0 fully saturated rings. The first kappa shape index (κ1) is 10.2. The first-order valence-corrected chi connectivity index (χ1v) is 4.64. The van der Waals surface area contributed by atoms with Crippen molar-refractivity contribution in [2.24, 2.45) is 0 Å². The van der Waals surface area contributed by atoms with E-state index in [1.54, 1.807) is 30.3 Å². The molecule has 2 aromatic carbocycles. The molecule has 0 atom stereocenters. The first-order chi connectivity index (χ1) is 7.79. The van der Waals surface area contributed by atoms with Crippen molar-refractivity contribution in [1.29, 1.82) is 5.26 Å². The van der Waals surface area contributed by atoms with Crippen LogP contribution in [0.5, 0.6) is 11.5 Å². The molecular weight excluding hydrogens is 205 g/mol. The monoisotopic (exact) mass is 212 g/mol. The van der Waals surface area contributed by atoms with Gasteiger partial charge in [0.1, 0.15) is 5.75 Å². The maximum Gasteiger partial charge on any atom is 0.173 e. The summed E-state index contributed by atoms with van der Waals surface area (Å²) < 4.78 is 18.5. The molecule has 0 amide bonds. The zero-order valence-electron chi connectivity index (χ0n) is 8.27. The summed E-state index contributed by atoms with van der Waals surface area (Å²) in [6.45, 7) is 0. The van der Waals surface area contributed by atoms with Crippen molar-refractivity contribution in [2.75, 3.05) is 0 Å². The van der Waals surface area contributed by atoms with Gasteiger partial charge in [0.2, 0.25) is 0 Å². The van der Waals surface area contributed by atoms with E-state index in [0.717, 1.165) is 0 Å². The molecule has 0 bridgehead atoms. The Balaban J connectivity index is 2.28. The Bertz CT molecular complexity index is 546. The maximum absolute atomic E-state index is 13.2. The van der Waals surface area contributed by atoms with Gasteiger partial charge in [0.05, 0.1) is 11.6 Å². The Hall–Kier alpha value is -2.34. The molecule has 2 rings (SSSR count). The van der Waals surface area contributed by atoms with Crippen LogP contribution < -0.4 is 4.74 Å². The minimum atomic E-state index is -0.551. The molecule has 16 heavy (non-hydrogen) atoms. The number of hydrogen-bond acceptors (Lipinski definition) is 2. The molecule has 1 radical (unpaired) electrons. The Morgan fingerprint density at radius 2 is 2.12 bits per heavy atom. The lowest BCUT2D eigenvalue weighted by atomic mass is 10.2. The van der Waals surface area contributed by atoms with Gasteiger partial charge >= 0.3 is 0 Å². The van der Waals surface area contributed by atoms with Crippen LogP contribution in [0.15, 0.2) is 42.5 Å². The predicted molar refractivity (Wildman–Crippen MR) is 56.5 cm³/mol. The van der Waals surface area contributed by atoms with Crippen LogP contribution in [0.3, 0.4) is 0 Å². The standard InChI is InChI=1S/C13H7FNO/c14-12-6-1-2-7-13(12)16-11-5-3-4-10(8-11)9-15/h1-5,7-8H.